The Hall–Kier alpha value is -4.01. The first kappa shape index (κ1) is 36.5. The molecule has 1 fully saturated rings. The molecule has 1 unspecified atom stereocenters. The fourth-order valence-electron chi connectivity index (χ4n) is 5.85. The highest BCUT2D eigenvalue weighted by Crippen LogP contribution is 2.26. The Morgan fingerprint density at radius 3 is 2.43 bits per heavy atom. The number of halogens is 1. The molecule has 1 aliphatic rings. The summed E-state index contributed by atoms with van der Waals surface area (Å²) in [6.07, 6.45) is 7.59. The number of piperidine rings is 1. The minimum Gasteiger partial charge on any atom is -0.382 e. The molecule has 2 aromatic rings. The zero-order valence-corrected chi connectivity index (χ0v) is 28.5. The van der Waals surface area contributed by atoms with Gasteiger partial charge in [-0.3, -0.25) is 9.79 Å². The van der Waals surface area contributed by atoms with E-state index < -0.39 is 5.60 Å². The lowest BCUT2D eigenvalue weighted by Crippen LogP contribution is -2.47. The first-order chi connectivity index (χ1) is 21.9. The summed E-state index contributed by atoms with van der Waals surface area (Å²) in [5, 5.41) is 18.7. The van der Waals surface area contributed by atoms with E-state index >= 15 is 0 Å². The first-order valence-electron chi connectivity index (χ1n) is 16.1. The lowest BCUT2D eigenvalue weighted by Gasteiger charge is -2.35. The summed E-state index contributed by atoms with van der Waals surface area (Å²) in [6.45, 7) is 19.9. The lowest BCUT2D eigenvalue weighted by molar-refractivity contribution is -0.132. The van der Waals surface area contributed by atoms with Gasteiger partial charge in [-0.1, -0.05) is 55.1 Å². The topological polar surface area (TPSA) is 80.2 Å². The molecule has 3 rings (SSSR count). The second-order valence-electron chi connectivity index (χ2n) is 12.4. The SMILES string of the molecule is C=CN(C)CC(O)(CNCCC(=O)N1CCC(N/C(C(/C=C\C)=NC(=C)C)=C(\C)c2ccc(C)cc2)CC1)c1ccc(F)cc1C. The molecule has 7 nitrogen and oxygen atoms in total. The third kappa shape index (κ3) is 10.3. The predicted molar refractivity (Wildman–Crippen MR) is 189 cm³/mol. The van der Waals surface area contributed by atoms with E-state index in [-0.39, 0.29) is 30.9 Å². The number of nitrogens with zero attached hydrogens (tertiary/aromatic N) is 3. The number of hydrogen-bond donors (Lipinski definition) is 3. The molecule has 0 radical (unpaired) electrons. The van der Waals surface area contributed by atoms with E-state index in [0.717, 1.165) is 41.1 Å². The Balaban J connectivity index is 1.62. The molecular weight excluding hydrogens is 577 g/mol. The average molecular weight is 630 g/mol. The molecule has 1 saturated heterocycles. The van der Waals surface area contributed by atoms with Crippen LogP contribution in [0, 0.1) is 19.7 Å². The Morgan fingerprint density at radius 1 is 1.17 bits per heavy atom. The minimum atomic E-state index is -1.28. The van der Waals surface area contributed by atoms with Gasteiger partial charge in [-0.15, -0.1) is 0 Å². The second kappa shape index (κ2) is 17.1. The van der Waals surface area contributed by atoms with Gasteiger partial charge in [0.15, 0.2) is 0 Å². The number of aryl methyl sites for hydroxylation is 2. The number of rotatable bonds is 15. The first-order valence-corrected chi connectivity index (χ1v) is 16.1. The molecule has 2 aromatic carbocycles. The maximum absolute atomic E-state index is 13.8. The van der Waals surface area contributed by atoms with Crippen LogP contribution in [0.1, 0.15) is 62.3 Å². The van der Waals surface area contributed by atoms with E-state index in [2.05, 4.69) is 61.9 Å². The lowest BCUT2D eigenvalue weighted by atomic mass is 9.89. The van der Waals surface area contributed by atoms with E-state index in [4.69, 9.17) is 4.99 Å². The summed E-state index contributed by atoms with van der Waals surface area (Å²) in [6, 6.07) is 13.1. The number of likely N-dealkylation sites (tertiary alicyclic amines) is 1. The van der Waals surface area contributed by atoms with Crippen LogP contribution in [0.5, 0.6) is 0 Å². The maximum Gasteiger partial charge on any atom is 0.223 e. The monoisotopic (exact) mass is 629 g/mol. The number of allylic oxidation sites excluding steroid dienone is 4. The number of aliphatic hydroxyl groups is 1. The zero-order chi connectivity index (χ0) is 33.9. The molecule has 3 N–H and O–H groups in total. The van der Waals surface area contributed by atoms with E-state index in [1.54, 1.807) is 24.1 Å². The Bertz CT molecular complexity index is 1450. The number of hydrogen-bond acceptors (Lipinski definition) is 6. The number of aliphatic imine (C=N–C) groups is 1. The molecule has 0 aliphatic carbocycles. The molecule has 0 bridgehead atoms. The number of likely N-dealkylation sites (N-methyl/N-ethyl adjacent to an activating group) is 1. The number of carbonyl (C=O) groups is 1. The molecule has 0 saturated carbocycles. The third-order valence-corrected chi connectivity index (χ3v) is 8.39. The smallest absolute Gasteiger partial charge is 0.223 e. The number of carbonyl (C=O) groups excluding carboxylic acids is 1. The van der Waals surface area contributed by atoms with Crippen LogP contribution in [0.3, 0.4) is 0 Å². The van der Waals surface area contributed by atoms with Crippen molar-refractivity contribution in [2.24, 2.45) is 4.99 Å². The summed E-state index contributed by atoms with van der Waals surface area (Å²) in [4.78, 5) is 21.6. The second-order valence-corrected chi connectivity index (χ2v) is 12.4. The van der Waals surface area contributed by atoms with Gasteiger partial charge in [0.1, 0.15) is 11.4 Å². The number of benzene rings is 2. The highest BCUT2D eigenvalue weighted by atomic mass is 19.1. The maximum atomic E-state index is 13.8. The van der Waals surface area contributed by atoms with E-state index in [9.17, 15) is 14.3 Å². The van der Waals surface area contributed by atoms with Crippen molar-refractivity contribution in [3.63, 3.8) is 0 Å². The molecular formula is C38H52FN5O2. The number of nitrogens with one attached hydrogen (secondary N) is 2. The Kier molecular flexibility index (Phi) is 13.5. The average Bonchev–Trinajstić information content (AvgIpc) is 3.01. The molecule has 248 valence electrons. The molecule has 1 heterocycles. The van der Waals surface area contributed by atoms with Crippen molar-refractivity contribution >= 4 is 17.2 Å². The summed E-state index contributed by atoms with van der Waals surface area (Å²) in [7, 11) is 1.83. The van der Waals surface area contributed by atoms with Crippen LogP contribution in [0.2, 0.25) is 0 Å². The van der Waals surface area contributed by atoms with Crippen molar-refractivity contribution in [1.29, 1.82) is 0 Å². The molecule has 1 amide bonds. The van der Waals surface area contributed by atoms with Crippen LogP contribution in [0.15, 0.2) is 90.4 Å². The zero-order valence-electron chi connectivity index (χ0n) is 28.5. The number of amides is 1. The van der Waals surface area contributed by atoms with Crippen LogP contribution in [0.4, 0.5) is 4.39 Å². The summed E-state index contributed by atoms with van der Waals surface area (Å²) < 4.78 is 13.8. The minimum absolute atomic E-state index is 0.0840. The molecule has 8 heteroatoms. The van der Waals surface area contributed by atoms with Crippen LogP contribution in [-0.2, 0) is 10.4 Å². The van der Waals surface area contributed by atoms with Crippen molar-refractivity contribution < 1.29 is 14.3 Å². The Labute approximate surface area is 275 Å². The van der Waals surface area contributed by atoms with E-state index in [0.29, 0.717) is 37.2 Å². The Morgan fingerprint density at radius 2 is 1.85 bits per heavy atom. The van der Waals surface area contributed by atoms with Crippen molar-refractivity contribution in [2.75, 3.05) is 39.8 Å². The molecule has 0 aromatic heterocycles. The van der Waals surface area contributed by atoms with Gasteiger partial charge in [-0.05, 0) is 94.1 Å². The molecule has 1 atom stereocenters. The molecule has 1 aliphatic heterocycles. The van der Waals surface area contributed by atoms with Crippen molar-refractivity contribution in [1.82, 2.24) is 20.4 Å². The van der Waals surface area contributed by atoms with Gasteiger partial charge in [0.05, 0.1) is 18.0 Å². The van der Waals surface area contributed by atoms with E-state index in [1.807, 2.05) is 37.9 Å². The summed E-state index contributed by atoms with van der Waals surface area (Å²) >= 11 is 0. The fraction of sp³-hybridized carbons (Fsp3) is 0.421. The van der Waals surface area contributed by atoms with Gasteiger partial charge in [-0.2, -0.15) is 0 Å². The highest BCUT2D eigenvalue weighted by Gasteiger charge is 2.32. The highest BCUT2D eigenvalue weighted by molar-refractivity contribution is 6.12. The standard InChI is InChI=1S/C38H52FN5O2/c1-9-11-35(41-27(3)4)37(30(7)31-14-12-28(5)13-15-31)42-33-19-22-44(23-20-33)36(45)18-21-40-25-38(46,26-43(8)10-2)34-17-16-32(39)24-29(34)6/h9-17,24,33,40,42,46H,2-3,18-23,25-26H2,1,4-8H3/b11-9-,37-30+,41-35?. The largest absolute Gasteiger partial charge is 0.382 e. The van der Waals surface area contributed by atoms with Crippen LogP contribution < -0.4 is 10.6 Å². The molecule has 0 spiro atoms. The van der Waals surface area contributed by atoms with Gasteiger partial charge in [-0.25, -0.2) is 4.39 Å². The normalized spacial score (nSPS) is 16.2. The summed E-state index contributed by atoms with van der Waals surface area (Å²) in [5.74, 6) is -0.259. The van der Waals surface area contributed by atoms with Crippen LogP contribution >= 0.6 is 0 Å². The summed E-state index contributed by atoms with van der Waals surface area (Å²) in [5.41, 5.74) is 6.03. The predicted octanol–water partition coefficient (Wildman–Crippen LogP) is 6.25. The molecule has 46 heavy (non-hydrogen) atoms. The van der Waals surface area contributed by atoms with Crippen molar-refractivity contribution in [3.8, 4) is 0 Å². The van der Waals surface area contributed by atoms with Gasteiger partial charge in [0.2, 0.25) is 5.91 Å². The quantitative estimate of drug-likeness (QED) is 0.160. The van der Waals surface area contributed by atoms with Crippen molar-refractivity contribution in [3.05, 3.63) is 113 Å². The van der Waals surface area contributed by atoms with Gasteiger partial charge < -0.3 is 25.5 Å². The van der Waals surface area contributed by atoms with E-state index in [1.165, 1.54) is 17.7 Å². The van der Waals surface area contributed by atoms with Crippen molar-refractivity contribution in [2.45, 2.75) is 65.5 Å². The van der Waals surface area contributed by atoms with Gasteiger partial charge in [0.25, 0.3) is 0 Å². The fourth-order valence-corrected chi connectivity index (χ4v) is 5.85. The van der Waals surface area contributed by atoms with Gasteiger partial charge >= 0.3 is 0 Å². The van der Waals surface area contributed by atoms with Gasteiger partial charge in [0, 0.05) is 51.4 Å². The third-order valence-electron chi connectivity index (χ3n) is 8.39. The van der Waals surface area contributed by atoms with Crippen LogP contribution in [-0.4, -0.2) is 72.3 Å². The van der Waals surface area contributed by atoms with Crippen LogP contribution in [0.25, 0.3) is 5.57 Å².